The zero-order valence-corrected chi connectivity index (χ0v) is 45.2. The lowest BCUT2D eigenvalue weighted by molar-refractivity contribution is -0.163. The predicted molar refractivity (Wildman–Crippen MR) is 288 cm³/mol. The van der Waals surface area contributed by atoms with Crippen LogP contribution in [-0.2, 0) is 28.6 Å². The lowest BCUT2D eigenvalue weighted by atomic mass is 10.0. The summed E-state index contributed by atoms with van der Waals surface area (Å²) in [5.41, 5.74) is -0.964. The Bertz CT molecular complexity index is 1040. The van der Waals surface area contributed by atoms with Gasteiger partial charge in [0.05, 0.1) is 0 Å². The van der Waals surface area contributed by atoms with Gasteiger partial charge in [0.25, 0.3) is 0 Å². The lowest BCUT2D eigenvalue weighted by Crippen LogP contribution is -2.56. The zero-order chi connectivity index (χ0) is 49.0. The van der Waals surface area contributed by atoms with Gasteiger partial charge >= 0.3 is 17.9 Å². The molecule has 0 saturated heterocycles. The lowest BCUT2D eigenvalue weighted by Gasteiger charge is -2.38. The first-order chi connectivity index (χ1) is 32.8. The molecule has 0 aromatic rings. The number of likely N-dealkylation sites (N-methyl/N-ethyl adjacent to an activating group) is 1. The summed E-state index contributed by atoms with van der Waals surface area (Å²) in [5, 5.41) is 0. The largest absolute Gasteiger partial charge is 0.463 e. The highest BCUT2D eigenvalue weighted by Crippen LogP contribution is 2.20. The Morgan fingerprint density at radius 3 is 0.716 bits per heavy atom. The monoisotopic (exact) mass is 942 g/mol. The molecule has 0 N–H and O–H groups in total. The zero-order valence-electron chi connectivity index (χ0n) is 45.2. The third-order valence-corrected chi connectivity index (χ3v) is 13.4. The van der Waals surface area contributed by atoms with Crippen LogP contribution in [0.3, 0.4) is 0 Å². The fourth-order valence-corrected chi connectivity index (χ4v) is 8.39. The minimum Gasteiger partial charge on any atom is -0.463 e. The predicted octanol–water partition coefficient (Wildman–Crippen LogP) is 18.0. The molecular weight excluding hydrogens is 831 g/mol. The second-order valence-corrected chi connectivity index (χ2v) is 20.1. The second-order valence-electron chi connectivity index (χ2n) is 20.1. The molecule has 0 radical (unpaired) electrons. The van der Waals surface area contributed by atoms with Crippen molar-refractivity contribution in [3.63, 3.8) is 0 Å². The Morgan fingerprint density at radius 1 is 0.313 bits per heavy atom. The molecular formula is C60H111NO6. The van der Waals surface area contributed by atoms with Crippen molar-refractivity contribution in [3.05, 3.63) is 36.5 Å². The van der Waals surface area contributed by atoms with E-state index in [1.807, 2.05) is 19.0 Å². The standard InChI is InChI=1S/C60H111NO6/c1-6-9-12-15-18-21-24-27-30-33-36-39-42-45-48-51-57(62)65-54-60(61(4)5,55-66-58(63)52-49-46-43-40-37-34-31-28-25-22-19-16-13-10-7-2)56-67-59(64)53-50-47-44-41-38-35-32-29-26-23-20-17-14-11-8-3/h27-32H,6-26,33-56H2,1-5H3/b30-27-,31-28-,32-29-. The number of nitrogens with zero attached hydrogens (tertiary/aromatic N) is 1. The summed E-state index contributed by atoms with van der Waals surface area (Å²) >= 11 is 0. The van der Waals surface area contributed by atoms with Crippen LogP contribution in [0.15, 0.2) is 36.5 Å². The molecule has 0 spiro atoms. The molecule has 0 bridgehead atoms. The average molecular weight is 943 g/mol. The van der Waals surface area contributed by atoms with E-state index in [1.165, 1.54) is 173 Å². The maximum Gasteiger partial charge on any atom is 0.305 e. The normalized spacial score (nSPS) is 12.1. The summed E-state index contributed by atoms with van der Waals surface area (Å²) in [4.78, 5) is 40.8. The van der Waals surface area contributed by atoms with Crippen LogP contribution in [0.4, 0.5) is 0 Å². The van der Waals surface area contributed by atoms with Gasteiger partial charge in [-0.1, -0.05) is 211 Å². The number of hydrogen-bond donors (Lipinski definition) is 0. The molecule has 0 aromatic carbocycles. The Kier molecular flexibility index (Phi) is 49.6. The number of ether oxygens (including phenoxy) is 3. The summed E-state index contributed by atoms with van der Waals surface area (Å²) in [6.45, 7) is 6.77. The van der Waals surface area contributed by atoms with Crippen molar-refractivity contribution < 1.29 is 28.6 Å². The number of carbonyl (C=O) groups is 3. The number of carbonyl (C=O) groups excluding carboxylic acids is 3. The van der Waals surface area contributed by atoms with Crippen molar-refractivity contribution in [2.75, 3.05) is 33.9 Å². The van der Waals surface area contributed by atoms with E-state index in [0.29, 0.717) is 19.3 Å². The molecule has 7 heteroatoms. The van der Waals surface area contributed by atoms with Crippen LogP contribution in [0.2, 0.25) is 0 Å². The molecule has 0 heterocycles. The smallest absolute Gasteiger partial charge is 0.305 e. The third-order valence-electron chi connectivity index (χ3n) is 13.4. The molecule has 7 nitrogen and oxygen atoms in total. The number of rotatable bonds is 52. The van der Waals surface area contributed by atoms with Gasteiger partial charge < -0.3 is 14.2 Å². The Morgan fingerprint density at radius 2 is 0.507 bits per heavy atom. The molecule has 0 fully saturated rings. The molecule has 0 amide bonds. The van der Waals surface area contributed by atoms with E-state index in [2.05, 4.69) is 57.2 Å². The van der Waals surface area contributed by atoms with Gasteiger partial charge in [-0.25, -0.2) is 0 Å². The van der Waals surface area contributed by atoms with Crippen molar-refractivity contribution in [2.24, 2.45) is 0 Å². The Balaban J connectivity index is 4.74. The van der Waals surface area contributed by atoms with E-state index in [4.69, 9.17) is 14.2 Å². The minimum absolute atomic E-state index is 0.00865. The third kappa shape index (κ3) is 45.8. The molecule has 0 rings (SSSR count). The molecule has 0 aliphatic rings. The van der Waals surface area contributed by atoms with Crippen LogP contribution in [-0.4, -0.2) is 62.3 Å². The van der Waals surface area contributed by atoms with Crippen molar-refractivity contribution >= 4 is 17.9 Å². The maximum absolute atomic E-state index is 13.0. The quantitative estimate of drug-likeness (QED) is 0.0260. The van der Waals surface area contributed by atoms with Crippen LogP contribution < -0.4 is 0 Å². The summed E-state index contributed by atoms with van der Waals surface area (Å²) in [6, 6.07) is 0. The first-order valence-corrected chi connectivity index (χ1v) is 28.9. The topological polar surface area (TPSA) is 82.1 Å². The van der Waals surface area contributed by atoms with Crippen molar-refractivity contribution in [1.29, 1.82) is 0 Å². The molecule has 0 saturated carbocycles. The summed E-state index contributed by atoms with van der Waals surface area (Å²) < 4.78 is 17.6. The first-order valence-electron chi connectivity index (χ1n) is 28.9. The SMILES string of the molecule is CCCCCCCC/C=C\CCCCCCCC(=O)OCC(COC(=O)CCCCCCC/C=C\CCCCCCCC)(COC(=O)CCCCCCC/C=C\CCCCCCCC)N(C)C. The van der Waals surface area contributed by atoms with E-state index in [9.17, 15) is 14.4 Å². The van der Waals surface area contributed by atoms with E-state index in [-0.39, 0.29) is 37.7 Å². The number of hydrogen-bond acceptors (Lipinski definition) is 7. The van der Waals surface area contributed by atoms with Crippen molar-refractivity contribution in [1.82, 2.24) is 4.90 Å². The maximum atomic E-state index is 13.0. The van der Waals surface area contributed by atoms with Crippen LogP contribution in [0.5, 0.6) is 0 Å². The highest BCUT2D eigenvalue weighted by atomic mass is 16.6. The van der Waals surface area contributed by atoms with Gasteiger partial charge in [-0.3, -0.25) is 19.3 Å². The van der Waals surface area contributed by atoms with Crippen LogP contribution in [0.25, 0.3) is 0 Å². The fraction of sp³-hybridized carbons (Fsp3) is 0.850. The molecule has 392 valence electrons. The average Bonchev–Trinajstić information content (AvgIpc) is 3.32. The van der Waals surface area contributed by atoms with E-state index < -0.39 is 5.54 Å². The number of esters is 3. The van der Waals surface area contributed by atoms with Crippen molar-refractivity contribution in [3.8, 4) is 0 Å². The summed E-state index contributed by atoms with van der Waals surface area (Å²) in [7, 11) is 3.74. The Labute approximate surface area is 416 Å². The first kappa shape index (κ1) is 64.6. The van der Waals surface area contributed by atoms with Gasteiger partial charge in [0.2, 0.25) is 0 Å². The molecule has 0 unspecified atom stereocenters. The van der Waals surface area contributed by atoms with Gasteiger partial charge in [0.15, 0.2) is 0 Å². The second kappa shape index (κ2) is 51.4. The van der Waals surface area contributed by atoms with Crippen LogP contribution in [0.1, 0.15) is 290 Å². The van der Waals surface area contributed by atoms with E-state index >= 15 is 0 Å². The Hall–Kier alpha value is -2.41. The summed E-state index contributed by atoms with van der Waals surface area (Å²) in [6.07, 6.45) is 62.1. The van der Waals surface area contributed by atoms with Crippen LogP contribution >= 0.6 is 0 Å². The molecule has 0 aliphatic carbocycles. The van der Waals surface area contributed by atoms with E-state index in [0.717, 1.165) is 77.0 Å². The number of allylic oxidation sites excluding steroid dienone is 6. The summed E-state index contributed by atoms with van der Waals surface area (Å²) in [5.74, 6) is -0.783. The molecule has 0 aliphatic heterocycles. The van der Waals surface area contributed by atoms with Gasteiger partial charge in [0.1, 0.15) is 25.4 Å². The fourth-order valence-electron chi connectivity index (χ4n) is 8.39. The van der Waals surface area contributed by atoms with Gasteiger partial charge in [-0.2, -0.15) is 0 Å². The van der Waals surface area contributed by atoms with Gasteiger partial charge in [0, 0.05) is 19.3 Å². The minimum atomic E-state index is -0.964. The highest BCUT2D eigenvalue weighted by Gasteiger charge is 2.38. The van der Waals surface area contributed by atoms with E-state index in [1.54, 1.807) is 0 Å². The molecule has 0 atom stereocenters. The van der Waals surface area contributed by atoms with Gasteiger partial charge in [-0.15, -0.1) is 0 Å². The van der Waals surface area contributed by atoms with Crippen molar-refractivity contribution in [2.45, 2.75) is 296 Å². The highest BCUT2D eigenvalue weighted by molar-refractivity contribution is 5.70. The van der Waals surface area contributed by atoms with Gasteiger partial charge in [-0.05, 0) is 110 Å². The molecule has 0 aromatic heterocycles. The molecule has 67 heavy (non-hydrogen) atoms. The number of unbranched alkanes of at least 4 members (excludes halogenated alkanes) is 33. The van der Waals surface area contributed by atoms with Crippen LogP contribution in [0, 0.1) is 0 Å².